The number of methoxy groups -OCH3 is 1. The maximum atomic E-state index is 11.4. The van der Waals surface area contributed by atoms with Crippen LogP contribution in [-0.4, -0.2) is 35.7 Å². The Morgan fingerprint density at radius 3 is 2.95 bits per heavy atom. The smallest absolute Gasteiger partial charge is 0.320 e. The summed E-state index contributed by atoms with van der Waals surface area (Å²) in [6.45, 7) is 1.33. The number of hydrogen-bond donors (Lipinski definition) is 1. The van der Waals surface area contributed by atoms with Crippen LogP contribution in [0.15, 0.2) is 18.2 Å². The van der Waals surface area contributed by atoms with Gasteiger partial charge in [-0.3, -0.25) is 9.69 Å². The molecule has 0 amide bonds. The van der Waals surface area contributed by atoms with Crippen LogP contribution >= 0.6 is 0 Å². The van der Waals surface area contributed by atoms with Crippen molar-refractivity contribution in [2.75, 3.05) is 13.7 Å². The number of hydrogen-bond acceptors (Lipinski definition) is 4. The van der Waals surface area contributed by atoms with E-state index in [1.165, 1.54) is 7.11 Å². The largest absolute Gasteiger partial charge is 0.495 e. The number of carbonyl (C=O) groups is 1. The number of nitriles is 1. The zero-order chi connectivity index (χ0) is 15.2. The molecule has 1 aromatic carbocycles. The maximum absolute atomic E-state index is 11.4. The summed E-state index contributed by atoms with van der Waals surface area (Å²) in [7, 11) is 1.53. The van der Waals surface area contributed by atoms with Crippen molar-refractivity contribution < 1.29 is 14.6 Å². The van der Waals surface area contributed by atoms with Gasteiger partial charge in [-0.2, -0.15) is 5.26 Å². The molecule has 112 valence electrons. The molecular formula is C16H20N2O3. The highest BCUT2D eigenvalue weighted by Crippen LogP contribution is 2.23. The van der Waals surface area contributed by atoms with Gasteiger partial charge in [0.05, 0.1) is 12.7 Å². The second kappa shape index (κ2) is 7.09. The Balaban J connectivity index is 2.18. The average Bonchev–Trinajstić information content (AvgIpc) is 2.72. The number of rotatable bonds is 4. The molecule has 0 saturated carbocycles. The molecule has 0 bridgehead atoms. The number of nitrogens with zero attached hydrogens (tertiary/aromatic N) is 2. The molecule has 1 atom stereocenters. The van der Waals surface area contributed by atoms with E-state index in [4.69, 9.17) is 10.00 Å². The molecule has 5 heteroatoms. The number of aliphatic carboxylic acids is 1. The van der Waals surface area contributed by atoms with Gasteiger partial charge in [-0.15, -0.1) is 0 Å². The van der Waals surface area contributed by atoms with Crippen molar-refractivity contribution in [2.24, 2.45) is 0 Å². The quantitative estimate of drug-likeness (QED) is 0.921. The van der Waals surface area contributed by atoms with Gasteiger partial charge < -0.3 is 9.84 Å². The molecule has 1 aliphatic heterocycles. The van der Waals surface area contributed by atoms with E-state index in [1.807, 2.05) is 11.0 Å². The lowest BCUT2D eigenvalue weighted by molar-refractivity contribution is -0.143. The predicted octanol–water partition coefficient (Wildman–Crippen LogP) is 2.40. The third kappa shape index (κ3) is 3.73. The van der Waals surface area contributed by atoms with Gasteiger partial charge in [-0.25, -0.2) is 0 Å². The minimum atomic E-state index is -0.758. The Bertz CT molecular complexity index is 551. The van der Waals surface area contributed by atoms with Gasteiger partial charge in [0.15, 0.2) is 0 Å². The third-order valence-electron chi connectivity index (χ3n) is 3.92. The zero-order valence-electron chi connectivity index (χ0n) is 12.2. The van der Waals surface area contributed by atoms with Gasteiger partial charge in [0.1, 0.15) is 17.9 Å². The topological polar surface area (TPSA) is 73.6 Å². The molecule has 0 spiro atoms. The van der Waals surface area contributed by atoms with Gasteiger partial charge >= 0.3 is 5.97 Å². The molecule has 1 N–H and O–H groups in total. The van der Waals surface area contributed by atoms with Crippen LogP contribution in [0.2, 0.25) is 0 Å². The van der Waals surface area contributed by atoms with E-state index in [0.717, 1.165) is 31.4 Å². The highest BCUT2D eigenvalue weighted by molar-refractivity contribution is 5.73. The lowest BCUT2D eigenvalue weighted by atomic mass is 10.1. The summed E-state index contributed by atoms with van der Waals surface area (Å²) in [5, 5.41) is 18.5. The normalized spacial score (nSPS) is 19.5. The second-order valence-electron chi connectivity index (χ2n) is 5.32. The maximum Gasteiger partial charge on any atom is 0.320 e. The fraction of sp³-hybridized carbons (Fsp3) is 0.500. The molecule has 1 unspecified atom stereocenters. The summed E-state index contributed by atoms with van der Waals surface area (Å²) in [6.07, 6.45) is 3.74. The van der Waals surface area contributed by atoms with E-state index < -0.39 is 12.0 Å². The number of ether oxygens (including phenoxy) is 1. The van der Waals surface area contributed by atoms with Crippen LogP contribution < -0.4 is 4.74 Å². The van der Waals surface area contributed by atoms with Gasteiger partial charge in [0, 0.05) is 6.54 Å². The molecule has 1 aliphatic rings. The lowest BCUT2D eigenvalue weighted by Crippen LogP contribution is -2.40. The Kier molecular flexibility index (Phi) is 5.18. The molecule has 5 nitrogen and oxygen atoms in total. The molecule has 0 radical (unpaired) electrons. The molecule has 1 heterocycles. The van der Waals surface area contributed by atoms with E-state index in [9.17, 15) is 9.90 Å². The minimum absolute atomic E-state index is 0.430. The highest BCUT2D eigenvalue weighted by atomic mass is 16.5. The van der Waals surface area contributed by atoms with Gasteiger partial charge in [-0.05, 0) is 37.1 Å². The second-order valence-corrected chi connectivity index (χ2v) is 5.32. The summed E-state index contributed by atoms with van der Waals surface area (Å²) in [5.41, 5.74) is 1.43. The van der Waals surface area contributed by atoms with Crippen LogP contribution in [0.25, 0.3) is 0 Å². The zero-order valence-corrected chi connectivity index (χ0v) is 12.2. The Morgan fingerprint density at radius 1 is 1.48 bits per heavy atom. The molecule has 0 aromatic heterocycles. The monoisotopic (exact) mass is 288 g/mol. The van der Waals surface area contributed by atoms with E-state index >= 15 is 0 Å². The lowest BCUT2D eigenvalue weighted by Gasteiger charge is -2.26. The van der Waals surface area contributed by atoms with Crippen molar-refractivity contribution in [2.45, 2.75) is 38.3 Å². The van der Waals surface area contributed by atoms with Crippen LogP contribution in [0, 0.1) is 11.3 Å². The van der Waals surface area contributed by atoms with Crippen molar-refractivity contribution in [3.05, 3.63) is 29.3 Å². The van der Waals surface area contributed by atoms with Crippen molar-refractivity contribution in [1.29, 1.82) is 5.26 Å². The number of carboxylic acid groups (broad SMARTS) is 1. The molecule has 1 saturated heterocycles. The van der Waals surface area contributed by atoms with Crippen molar-refractivity contribution in [3.63, 3.8) is 0 Å². The molecule has 21 heavy (non-hydrogen) atoms. The molecule has 1 aromatic rings. The summed E-state index contributed by atoms with van der Waals surface area (Å²) in [6, 6.07) is 7.12. The van der Waals surface area contributed by atoms with E-state index in [2.05, 4.69) is 6.07 Å². The fourth-order valence-electron chi connectivity index (χ4n) is 2.81. The Hall–Kier alpha value is -2.06. The summed E-state index contributed by atoms with van der Waals surface area (Å²) < 4.78 is 5.13. The van der Waals surface area contributed by atoms with E-state index in [0.29, 0.717) is 24.3 Å². The number of carboxylic acids is 1. The van der Waals surface area contributed by atoms with Crippen LogP contribution in [0.1, 0.15) is 36.8 Å². The Labute approximate surface area is 124 Å². The predicted molar refractivity (Wildman–Crippen MR) is 78.0 cm³/mol. The van der Waals surface area contributed by atoms with E-state index in [-0.39, 0.29) is 0 Å². The average molecular weight is 288 g/mol. The van der Waals surface area contributed by atoms with Crippen molar-refractivity contribution >= 4 is 5.97 Å². The van der Waals surface area contributed by atoms with Gasteiger partial charge in [0.2, 0.25) is 0 Å². The van der Waals surface area contributed by atoms with Crippen LogP contribution in [0.5, 0.6) is 5.75 Å². The molecule has 0 aliphatic carbocycles. The molecular weight excluding hydrogens is 268 g/mol. The Morgan fingerprint density at radius 2 is 2.29 bits per heavy atom. The molecule has 2 rings (SSSR count). The third-order valence-corrected chi connectivity index (χ3v) is 3.92. The van der Waals surface area contributed by atoms with Crippen molar-refractivity contribution in [3.8, 4) is 11.8 Å². The van der Waals surface area contributed by atoms with Gasteiger partial charge in [-0.1, -0.05) is 18.9 Å². The fourth-order valence-corrected chi connectivity index (χ4v) is 2.81. The minimum Gasteiger partial charge on any atom is -0.495 e. The highest BCUT2D eigenvalue weighted by Gasteiger charge is 2.27. The first kappa shape index (κ1) is 15.3. The summed E-state index contributed by atoms with van der Waals surface area (Å²) >= 11 is 0. The first-order valence-corrected chi connectivity index (χ1v) is 7.19. The summed E-state index contributed by atoms with van der Waals surface area (Å²) in [4.78, 5) is 13.4. The first-order chi connectivity index (χ1) is 10.2. The summed E-state index contributed by atoms with van der Waals surface area (Å²) in [5.74, 6) is -0.210. The van der Waals surface area contributed by atoms with Crippen LogP contribution in [0.4, 0.5) is 0 Å². The van der Waals surface area contributed by atoms with Crippen molar-refractivity contribution in [1.82, 2.24) is 4.90 Å². The van der Waals surface area contributed by atoms with Crippen LogP contribution in [0.3, 0.4) is 0 Å². The SMILES string of the molecule is COc1ccc(CN2CCCCCC2C(=O)O)cc1C#N. The number of likely N-dealkylation sites (tertiary alicyclic amines) is 1. The molecule has 1 fully saturated rings. The van der Waals surface area contributed by atoms with E-state index in [1.54, 1.807) is 12.1 Å². The van der Waals surface area contributed by atoms with Crippen LogP contribution in [-0.2, 0) is 11.3 Å². The standard InChI is InChI=1S/C16H20N2O3/c1-21-15-7-6-12(9-13(15)10-17)11-18-8-4-2-3-5-14(18)16(19)20/h6-7,9,14H,2-5,8,11H2,1H3,(H,19,20). The van der Waals surface area contributed by atoms with Gasteiger partial charge in [0.25, 0.3) is 0 Å². The number of benzene rings is 1. The first-order valence-electron chi connectivity index (χ1n) is 7.19.